The van der Waals surface area contributed by atoms with Crippen LogP contribution in [-0.4, -0.2) is 11.2 Å². The van der Waals surface area contributed by atoms with Crippen LogP contribution in [0.3, 0.4) is 0 Å². The highest BCUT2D eigenvalue weighted by Gasteiger charge is 2.61. The Labute approximate surface area is 61.8 Å². The highest BCUT2D eigenvalue weighted by Crippen LogP contribution is 2.66. The second kappa shape index (κ2) is 1.65. The minimum absolute atomic E-state index is 0.0169. The average Bonchev–Trinajstić information content (AvgIpc) is 2.52. The van der Waals surface area contributed by atoms with Crippen molar-refractivity contribution in [2.75, 3.05) is 0 Å². The molecule has 0 heterocycles. The number of aliphatic hydroxyl groups is 1. The van der Waals surface area contributed by atoms with E-state index < -0.39 is 0 Å². The van der Waals surface area contributed by atoms with Gasteiger partial charge in [-0.2, -0.15) is 0 Å². The third-order valence-corrected chi connectivity index (χ3v) is 3.33. The molecule has 1 heteroatoms. The fourth-order valence-electron chi connectivity index (χ4n) is 2.44. The number of rotatable bonds is 1. The van der Waals surface area contributed by atoms with Crippen LogP contribution in [0, 0.1) is 11.3 Å². The molecule has 3 atom stereocenters. The molecule has 0 bridgehead atoms. The van der Waals surface area contributed by atoms with Crippen LogP contribution in [-0.2, 0) is 0 Å². The number of allylic oxidation sites excluding steroid dienone is 1. The molecular weight excluding hydrogens is 124 g/mol. The fraction of sp³-hybridized carbons (Fsp3) is 0.778. The van der Waals surface area contributed by atoms with Crippen LogP contribution in [0.2, 0.25) is 0 Å². The lowest BCUT2D eigenvalue weighted by Crippen LogP contribution is -2.03. The van der Waals surface area contributed by atoms with Gasteiger partial charge in [0.15, 0.2) is 0 Å². The molecule has 2 fully saturated rings. The predicted molar refractivity (Wildman–Crippen MR) is 40.6 cm³/mol. The molecule has 0 aromatic heterocycles. The van der Waals surface area contributed by atoms with Crippen molar-refractivity contribution in [2.45, 2.75) is 32.3 Å². The van der Waals surface area contributed by atoms with Crippen LogP contribution < -0.4 is 0 Å². The van der Waals surface area contributed by atoms with E-state index in [4.69, 9.17) is 0 Å². The first kappa shape index (κ1) is 6.41. The quantitative estimate of drug-likeness (QED) is 0.547. The summed E-state index contributed by atoms with van der Waals surface area (Å²) in [4.78, 5) is 0. The fourth-order valence-corrected chi connectivity index (χ4v) is 2.44. The molecule has 2 saturated carbocycles. The van der Waals surface area contributed by atoms with Crippen LogP contribution >= 0.6 is 0 Å². The van der Waals surface area contributed by atoms with Gasteiger partial charge in [-0.1, -0.05) is 12.2 Å². The molecular formula is C9H14O. The van der Waals surface area contributed by atoms with E-state index in [1.165, 1.54) is 18.4 Å². The molecule has 1 N–H and O–H groups in total. The summed E-state index contributed by atoms with van der Waals surface area (Å²) in [6.45, 7) is 6.07. The number of hydrogen-bond acceptors (Lipinski definition) is 1. The van der Waals surface area contributed by atoms with Gasteiger partial charge in [0, 0.05) is 0 Å². The minimum atomic E-state index is -0.0169. The van der Waals surface area contributed by atoms with Crippen molar-refractivity contribution in [3.8, 4) is 0 Å². The first-order chi connectivity index (χ1) is 4.67. The summed E-state index contributed by atoms with van der Waals surface area (Å²) in [5.41, 5.74) is 1.67. The van der Waals surface area contributed by atoms with Gasteiger partial charge in [-0.15, -0.1) is 0 Å². The van der Waals surface area contributed by atoms with E-state index in [2.05, 4.69) is 13.5 Å². The van der Waals surface area contributed by atoms with Crippen LogP contribution in [0.4, 0.5) is 0 Å². The van der Waals surface area contributed by atoms with Crippen molar-refractivity contribution in [1.29, 1.82) is 0 Å². The lowest BCUT2D eigenvalue weighted by Gasteiger charge is -2.08. The summed E-state index contributed by atoms with van der Waals surface area (Å²) >= 11 is 0. The number of fused-ring (bicyclic) bond motifs is 1. The lowest BCUT2D eigenvalue weighted by molar-refractivity contribution is 0.159. The Bertz CT molecular complexity index is 185. The van der Waals surface area contributed by atoms with Crippen LogP contribution in [0.15, 0.2) is 12.2 Å². The zero-order chi connectivity index (χ0) is 7.35. The SMILES string of the molecule is C=C(C)C12CCC(O)C1C2. The van der Waals surface area contributed by atoms with Crippen LogP contribution in [0.1, 0.15) is 26.2 Å². The Morgan fingerprint density at radius 3 is 2.60 bits per heavy atom. The van der Waals surface area contributed by atoms with Crippen molar-refractivity contribution in [3.63, 3.8) is 0 Å². The topological polar surface area (TPSA) is 20.2 Å². The summed E-state index contributed by atoms with van der Waals surface area (Å²) in [7, 11) is 0. The maximum Gasteiger partial charge on any atom is 0.0577 e. The Hall–Kier alpha value is -0.300. The molecule has 2 aliphatic carbocycles. The molecule has 2 rings (SSSR count). The van der Waals surface area contributed by atoms with Gasteiger partial charge in [0.1, 0.15) is 0 Å². The lowest BCUT2D eigenvalue weighted by atomic mass is 9.96. The highest BCUT2D eigenvalue weighted by atomic mass is 16.3. The Kier molecular flexibility index (Phi) is 1.06. The summed E-state index contributed by atoms with van der Waals surface area (Å²) in [5, 5.41) is 9.41. The molecule has 0 spiro atoms. The molecule has 1 nitrogen and oxygen atoms in total. The van der Waals surface area contributed by atoms with Crippen molar-refractivity contribution in [2.24, 2.45) is 11.3 Å². The van der Waals surface area contributed by atoms with E-state index >= 15 is 0 Å². The third kappa shape index (κ3) is 0.567. The second-order valence-electron chi connectivity index (χ2n) is 3.85. The van der Waals surface area contributed by atoms with Gasteiger partial charge in [-0.25, -0.2) is 0 Å². The molecule has 0 saturated heterocycles. The predicted octanol–water partition coefficient (Wildman–Crippen LogP) is 1.72. The largest absolute Gasteiger partial charge is 0.393 e. The summed E-state index contributed by atoms with van der Waals surface area (Å²) in [6.07, 6.45) is 3.35. The van der Waals surface area contributed by atoms with Crippen molar-refractivity contribution >= 4 is 0 Å². The molecule has 3 unspecified atom stereocenters. The van der Waals surface area contributed by atoms with E-state index in [9.17, 15) is 5.11 Å². The van der Waals surface area contributed by atoms with Gasteiger partial charge in [0.2, 0.25) is 0 Å². The molecule has 10 heavy (non-hydrogen) atoms. The number of aliphatic hydroxyl groups excluding tert-OH is 1. The van der Waals surface area contributed by atoms with Gasteiger partial charge in [0.05, 0.1) is 6.10 Å². The summed E-state index contributed by atoms with van der Waals surface area (Å²) in [6, 6.07) is 0. The van der Waals surface area contributed by atoms with E-state index in [0.717, 1.165) is 6.42 Å². The van der Waals surface area contributed by atoms with Gasteiger partial charge < -0.3 is 5.11 Å². The van der Waals surface area contributed by atoms with Crippen molar-refractivity contribution < 1.29 is 5.11 Å². The molecule has 2 aliphatic rings. The van der Waals surface area contributed by atoms with Crippen molar-refractivity contribution in [3.05, 3.63) is 12.2 Å². The molecule has 0 radical (unpaired) electrons. The van der Waals surface area contributed by atoms with E-state index in [1.807, 2.05) is 0 Å². The monoisotopic (exact) mass is 138 g/mol. The maximum atomic E-state index is 9.41. The highest BCUT2D eigenvalue weighted by molar-refractivity contribution is 5.25. The number of hydrogen-bond donors (Lipinski definition) is 1. The first-order valence-electron chi connectivity index (χ1n) is 4.01. The summed E-state index contributed by atoms with van der Waals surface area (Å²) < 4.78 is 0. The zero-order valence-electron chi connectivity index (χ0n) is 6.43. The third-order valence-electron chi connectivity index (χ3n) is 3.33. The zero-order valence-corrected chi connectivity index (χ0v) is 6.43. The summed E-state index contributed by atoms with van der Waals surface area (Å²) in [5.74, 6) is 0.574. The molecule has 0 aliphatic heterocycles. The molecule has 0 amide bonds. The van der Waals surface area contributed by atoms with Crippen LogP contribution in [0.25, 0.3) is 0 Å². The average molecular weight is 138 g/mol. The molecule has 0 aromatic carbocycles. The van der Waals surface area contributed by atoms with Gasteiger partial charge in [-0.05, 0) is 37.5 Å². The van der Waals surface area contributed by atoms with E-state index in [-0.39, 0.29) is 6.10 Å². The Balaban J connectivity index is 2.18. The smallest absolute Gasteiger partial charge is 0.0577 e. The minimum Gasteiger partial charge on any atom is -0.393 e. The Morgan fingerprint density at radius 2 is 2.40 bits per heavy atom. The molecule has 0 aromatic rings. The standard InChI is InChI=1S/C9H14O/c1-6(2)9-4-3-8(10)7(9)5-9/h7-8,10H,1,3-5H2,2H3. The van der Waals surface area contributed by atoms with Gasteiger partial charge >= 0.3 is 0 Å². The Morgan fingerprint density at radius 1 is 1.70 bits per heavy atom. The first-order valence-corrected chi connectivity index (χ1v) is 4.01. The van der Waals surface area contributed by atoms with Crippen LogP contribution in [0.5, 0.6) is 0 Å². The molecule has 56 valence electrons. The van der Waals surface area contributed by atoms with E-state index in [0.29, 0.717) is 11.3 Å². The van der Waals surface area contributed by atoms with Crippen molar-refractivity contribution in [1.82, 2.24) is 0 Å². The maximum absolute atomic E-state index is 9.41. The second-order valence-corrected chi connectivity index (χ2v) is 3.85. The normalized spacial score (nSPS) is 50.6. The van der Waals surface area contributed by atoms with E-state index in [1.54, 1.807) is 0 Å². The van der Waals surface area contributed by atoms with Gasteiger partial charge in [-0.3, -0.25) is 0 Å². The van der Waals surface area contributed by atoms with Gasteiger partial charge in [0.25, 0.3) is 0 Å².